The standard InChI is InChI=1S/C29H34N2O5/c1-19(30-29(32)22-9-7-11-24(15-22)34-3)28-25-17-27(36-5)26(35-4)16-21(25)12-13-31(28)18-20-8-6-10-23(14-20)33-2/h6-11,14-17,19,28H,12-13,18H2,1-5H3,(H,30,32). The Bertz CT molecular complexity index is 1210. The number of amides is 1. The van der Waals surface area contributed by atoms with Crippen LogP contribution < -0.4 is 24.3 Å². The van der Waals surface area contributed by atoms with E-state index in [1.54, 1.807) is 40.6 Å². The third-order valence-corrected chi connectivity index (χ3v) is 6.71. The van der Waals surface area contributed by atoms with Crippen molar-refractivity contribution >= 4 is 5.91 Å². The predicted molar refractivity (Wildman–Crippen MR) is 139 cm³/mol. The molecule has 4 rings (SSSR count). The number of benzene rings is 3. The SMILES string of the molecule is COc1cccc(CN2CCc3cc(OC)c(OC)cc3C2C(C)NC(=O)c2cccc(OC)c2)c1. The average molecular weight is 491 g/mol. The van der Waals surface area contributed by atoms with E-state index in [-0.39, 0.29) is 18.0 Å². The second kappa shape index (κ2) is 11.4. The van der Waals surface area contributed by atoms with E-state index in [4.69, 9.17) is 18.9 Å². The maximum atomic E-state index is 13.2. The van der Waals surface area contributed by atoms with Crippen LogP contribution in [-0.4, -0.2) is 51.8 Å². The second-order valence-corrected chi connectivity index (χ2v) is 8.92. The van der Waals surface area contributed by atoms with Crippen molar-refractivity contribution in [2.45, 2.75) is 32.0 Å². The van der Waals surface area contributed by atoms with Crippen LogP contribution in [0.15, 0.2) is 60.7 Å². The molecule has 1 heterocycles. The molecular formula is C29H34N2O5. The average Bonchev–Trinajstić information content (AvgIpc) is 2.92. The molecule has 0 bridgehead atoms. The molecule has 3 aromatic rings. The summed E-state index contributed by atoms with van der Waals surface area (Å²) in [4.78, 5) is 15.6. The lowest BCUT2D eigenvalue weighted by Crippen LogP contribution is -2.47. The third-order valence-electron chi connectivity index (χ3n) is 6.71. The number of hydrogen-bond acceptors (Lipinski definition) is 6. The Labute approximate surface area is 212 Å². The van der Waals surface area contributed by atoms with Crippen LogP contribution in [0, 0.1) is 0 Å². The minimum Gasteiger partial charge on any atom is -0.497 e. The second-order valence-electron chi connectivity index (χ2n) is 8.92. The van der Waals surface area contributed by atoms with E-state index < -0.39 is 0 Å². The number of nitrogens with one attached hydrogen (secondary N) is 1. The van der Waals surface area contributed by atoms with Crippen LogP contribution in [0.3, 0.4) is 0 Å². The summed E-state index contributed by atoms with van der Waals surface area (Å²) in [6.07, 6.45) is 0.868. The highest BCUT2D eigenvalue weighted by atomic mass is 16.5. The van der Waals surface area contributed by atoms with Gasteiger partial charge in [0.2, 0.25) is 0 Å². The van der Waals surface area contributed by atoms with Gasteiger partial charge < -0.3 is 24.3 Å². The van der Waals surface area contributed by atoms with Gasteiger partial charge in [-0.1, -0.05) is 18.2 Å². The first-order chi connectivity index (χ1) is 17.5. The molecule has 2 unspecified atom stereocenters. The van der Waals surface area contributed by atoms with Crippen molar-refractivity contribution in [3.63, 3.8) is 0 Å². The molecule has 0 saturated heterocycles. The molecule has 7 nitrogen and oxygen atoms in total. The molecule has 0 radical (unpaired) electrons. The van der Waals surface area contributed by atoms with Gasteiger partial charge in [0.05, 0.1) is 34.5 Å². The zero-order chi connectivity index (χ0) is 25.7. The summed E-state index contributed by atoms with van der Waals surface area (Å²) in [6.45, 7) is 3.60. The van der Waals surface area contributed by atoms with Gasteiger partial charge in [-0.05, 0) is 72.5 Å². The van der Waals surface area contributed by atoms with E-state index in [2.05, 4.69) is 28.4 Å². The minimum absolute atomic E-state index is 0.0747. The Kier molecular flexibility index (Phi) is 8.00. The summed E-state index contributed by atoms with van der Waals surface area (Å²) in [7, 11) is 6.56. The molecular weight excluding hydrogens is 456 g/mol. The van der Waals surface area contributed by atoms with Crippen LogP contribution in [0.5, 0.6) is 23.0 Å². The zero-order valence-corrected chi connectivity index (χ0v) is 21.5. The largest absolute Gasteiger partial charge is 0.497 e. The molecule has 0 fully saturated rings. The number of carbonyl (C=O) groups excluding carboxylic acids is 1. The van der Waals surface area contributed by atoms with Crippen molar-refractivity contribution in [2.75, 3.05) is 35.0 Å². The molecule has 1 aliphatic heterocycles. The molecule has 3 aromatic carbocycles. The molecule has 190 valence electrons. The van der Waals surface area contributed by atoms with Crippen LogP contribution in [-0.2, 0) is 13.0 Å². The van der Waals surface area contributed by atoms with Gasteiger partial charge in [-0.15, -0.1) is 0 Å². The monoisotopic (exact) mass is 490 g/mol. The summed E-state index contributed by atoms with van der Waals surface area (Å²) in [5.41, 5.74) is 4.03. The predicted octanol–water partition coefficient (Wildman–Crippen LogP) is 4.64. The lowest BCUT2D eigenvalue weighted by molar-refractivity contribution is 0.0877. The van der Waals surface area contributed by atoms with Gasteiger partial charge in [0.15, 0.2) is 11.5 Å². The quantitative estimate of drug-likeness (QED) is 0.471. The lowest BCUT2D eigenvalue weighted by Gasteiger charge is -2.41. The third kappa shape index (κ3) is 5.41. The maximum absolute atomic E-state index is 13.2. The Morgan fingerprint density at radius 1 is 0.917 bits per heavy atom. The molecule has 0 saturated carbocycles. The first-order valence-corrected chi connectivity index (χ1v) is 12.0. The number of ether oxygens (including phenoxy) is 4. The lowest BCUT2D eigenvalue weighted by atomic mass is 9.87. The van der Waals surface area contributed by atoms with Crippen molar-refractivity contribution in [3.05, 3.63) is 82.9 Å². The van der Waals surface area contributed by atoms with Crippen LogP contribution >= 0.6 is 0 Å². The Hall–Kier alpha value is -3.71. The fourth-order valence-corrected chi connectivity index (χ4v) is 4.93. The summed E-state index contributed by atoms with van der Waals surface area (Å²) in [5, 5.41) is 3.23. The molecule has 1 aliphatic rings. The van der Waals surface area contributed by atoms with Crippen molar-refractivity contribution in [2.24, 2.45) is 0 Å². The zero-order valence-electron chi connectivity index (χ0n) is 21.5. The summed E-state index contributed by atoms with van der Waals surface area (Å²) < 4.78 is 21.9. The van der Waals surface area contributed by atoms with Crippen LogP contribution in [0.1, 0.15) is 40.0 Å². The number of rotatable bonds is 9. The summed E-state index contributed by atoms with van der Waals surface area (Å²) in [6, 6.07) is 19.1. The molecule has 1 N–H and O–H groups in total. The highest BCUT2D eigenvalue weighted by Crippen LogP contribution is 2.40. The first kappa shape index (κ1) is 25.4. The first-order valence-electron chi connectivity index (χ1n) is 12.0. The fourth-order valence-electron chi connectivity index (χ4n) is 4.93. The van der Waals surface area contributed by atoms with Gasteiger partial charge >= 0.3 is 0 Å². The molecule has 1 amide bonds. The number of methoxy groups -OCH3 is 4. The van der Waals surface area contributed by atoms with E-state index >= 15 is 0 Å². The highest BCUT2D eigenvalue weighted by molar-refractivity contribution is 5.94. The van der Waals surface area contributed by atoms with Gasteiger partial charge in [-0.3, -0.25) is 9.69 Å². The maximum Gasteiger partial charge on any atom is 0.251 e. The van der Waals surface area contributed by atoms with Gasteiger partial charge in [-0.2, -0.15) is 0 Å². The fraction of sp³-hybridized carbons (Fsp3) is 0.345. The van der Waals surface area contributed by atoms with E-state index in [0.717, 1.165) is 36.4 Å². The highest BCUT2D eigenvalue weighted by Gasteiger charge is 2.34. The number of carbonyl (C=O) groups is 1. The minimum atomic E-state index is -0.188. The number of fused-ring (bicyclic) bond motifs is 1. The number of hydrogen-bond donors (Lipinski definition) is 1. The van der Waals surface area contributed by atoms with E-state index in [1.165, 1.54) is 5.56 Å². The van der Waals surface area contributed by atoms with Crippen LogP contribution in [0.4, 0.5) is 0 Å². The van der Waals surface area contributed by atoms with Crippen molar-refractivity contribution < 1.29 is 23.7 Å². The van der Waals surface area contributed by atoms with Gasteiger partial charge in [0.25, 0.3) is 5.91 Å². The van der Waals surface area contributed by atoms with Gasteiger partial charge in [0.1, 0.15) is 11.5 Å². The molecule has 0 aromatic heterocycles. The topological polar surface area (TPSA) is 69.3 Å². The molecule has 36 heavy (non-hydrogen) atoms. The molecule has 0 spiro atoms. The van der Waals surface area contributed by atoms with E-state index in [9.17, 15) is 4.79 Å². The Morgan fingerprint density at radius 3 is 2.28 bits per heavy atom. The van der Waals surface area contributed by atoms with Gasteiger partial charge in [-0.25, -0.2) is 0 Å². The van der Waals surface area contributed by atoms with E-state index in [1.807, 2.05) is 37.3 Å². The normalized spacial score (nSPS) is 16.0. The smallest absolute Gasteiger partial charge is 0.251 e. The summed E-state index contributed by atoms with van der Waals surface area (Å²) >= 11 is 0. The molecule has 2 atom stereocenters. The number of nitrogens with zero attached hydrogens (tertiary/aromatic N) is 1. The molecule has 0 aliphatic carbocycles. The van der Waals surface area contributed by atoms with Gasteiger partial charge in [0, 0.05) is 24.7 Å². The Balaban J connectivity index is 1.68. The van der Waals surface area contributed by atoms with Crippen molar-refractivity contribution in [1.29, 1.82) is 0 Å². The van der Waals surface area contributed by atoms with E-state index in [0.29, 0.717) is 22.8 Å². The molecule has 7 heteroatoms. The van der Waals surface area contributed by atoms with Crippen LogP contribution in [0.2, 0.25) is 0 Å². The summed E-state index contributed by atoms with van der Waals surface area (Å²) in [5.74, 6) is 2.72. The Morgan fingerprint density at radius 2 is 1.58 bits per heavy atom. The van der Waals surface area contributed by atoms with Crippen molar-refractivity contribution in [3.8, 4) is 23.0 Å². The van der Waals surface area contributed by atoms with Crippen LogP contribution in [0.25, 0.3) is 0 Å². The van der Waals surface area contributed by atoms with Crippen molar-refractivity contribution in [1.82, 2.24) is 10.2 Å².